The van der Waals surface area contributed by atoms with Crippen molar-refractivity contribution < 1.29 is 9.53 Å². The van der Waals surface area contributed by atoms with E-state index < -0.39 is 0 Å². The summed E-state index contributed by atoms with van der Waals surface area (Å²) in [6.07, 6.45) is 2.66. The largest absolute Gasteiger partial charge is 0.480 e. The van der Waals surface area contributed by atoms with Crippen molar-refractivity contribution in [3.63, 3.8) is 0 Å². The molecule has 1 aromatic heterocycles. The van der Waals surface area contributed by atoms with E-state index in [1.54, 1.807) is 6.20 Å². The predicted molar refractivity (Wildman–Crippen MR) is 67.5 cm³/mol. The fourth-order valence-corrected chi connectivity index (χ4v) is 1.44. The van der Waals surface area contributed by atoms with Crippen molar-refractivity contribution in [2.24, 2.45) is 0 Å². The molecule has 0 atom stereocenters. The highest BCUT2D eigenvalue weighted by Crippen LogP contribution is 2.21. The standard InChI is InChI=1S/C13H20N2O2/c1-5-6-14-12(16)11-7-10(9(2)3)8-15-13(11)17-4/h7-9H,5-6H2,1-4H3,(H,14,16). The van der Waals surface area contributed by atoms with Crippen LogP contribution in [0.4, 0.5) is 0 Å². The summed E-state index contributed by atoms with van der Waals surface area (Å²) in [6, 6.07) is 1.85. The first kappa shape index (κ1) is 13.5. The van der Waals surface area contributed by atoms with Crippen LogP contribution in [0.1, 0.15) is 49.0 Å². The number of aromatic nitrogens is 1. The van der Waals surface area contributed by atoms with Gasteiger partial charge < -0.3 is 10.1 Å². The predicted octanol–water partition coefficient (Wildman–Crippen LogP) is 2.35. The van der Waals surface area contributed by atoms with E-state index in [0.29, 0.717) is 23.9 Å². The van der Waals surface area contributed by atoms with Crippen molar-refractivity contribution in [3.8, 4) is 5.88 Å². The lowest BCUT2D eigenvalue weighted by Gasteiger charge is -2.11. The first-order valence-corrected chi connectivity index (χ1v) is 5.92. The minimum atomic E-state index is -0.126. The smallest absolute Gasteiger partial charge is 0.256 e. The molecule has 4 nitrogen and oxygen atoms in total. The molecule has 0 aromatic carbocycles. The number of pyridine rings is 1. The fraction of sp³-hybridized carbons (Fsp3) is 0.538. The van der Waals surface area contributed by atoms with Gasteiger partial charge in [-0.25, -0.2) is 4.98 Å². The first-order valence-electron chi connectivity index (χ1n) is 5.92. The van der Waals surface area contributed by atoms with Crippen LogP contribution in [-0.4, -0.2) is 24.5 Å². The quantitative estimate of drug-likeness (QED) is 0.853. The highest BCUT2D eigenvalue weighted by Gasteiger charge is 2.14. The molecule has 0 bridgehead atoms. The second kappa shape index (κ2) is 6.23. The summed E-state index contributed by atoms with van der Waals surface area (Å²) in [5.74, 6) is 0.591. The van der Waals surface area contributed by atoms with Gasteiger partial charge in [0.15, 0.2) is 0 Å². The van der Waals surface area contributed by atoms with E-state index in [2.05, 4.69) is 24.1 Å². The highest BCUT2D eigenvalue weighted by molar-refractivity contribution is 5.96. The first-order chi connectivity index (χ1) is 8.10. The summed E-state index contributed by atoms with van der Waals surface area (Å²) in [6.45, 7) is 6.81. The van der Waals surface area contributed by atoms with E-state index in [1.165, 1.54) is 7.11 Å². The maximum atomic E-state index is 11.9. The molecular weight excluding hydrogens is 216 g/mol. The molecule has 0 saturated carbocycles. The zero-order valence-corrected chi connectivity index (χ0v) is 10.9. The Morgan fingerprint density at radius 2 is 2.24 bits per heavy atom. The van der Waals surface area contributed by atoms with Gasteiger partial charge in [0.1, 0.15) is 5.56 Å². The molecule has 0 aliphatic carbocycles. The Morgan fingerprint density at radius 3 is 2.76 bits per heavy atom. The van der Waals surface area contributed by atoms with Gasteiger partial charge in [-0.2, -0.15) is 0 Å². The molecule has 0 unspecified atom stereocenters. The third-order valence-electron chi connectivity index (χ3n) is 2.51. The number of rotatable bonds is 5. The van der Waals surface area contributed by atoms with Crippen LogP contribution in [0.15, 0.2) is 12.3 Å². The Bertz CT molecular complexity index is 389. The number of hydrogen-bond acceptors (Lipinski definition) is 3. The second-order valence-electron chi connectivity index (χ2n) is 4.24. The lowest BCUT2D eigenvalue weighted by molar-refractivity contribution is 0.0949. The van der Waals surface area contributed by atoms with E-state index >= 15 is 0 Å². The van der Waals surface area contributed by atoms with Gasteiger partial charge in [0, 0.05) is 12.7 Å². The molecule has 4 heteroatoms. The SMILES string of the molecule is CCCNC(=O)c1cc(C(C)C)cnc1OC. The van der Waals surface area contributed by atoms with E-state index in [4.69, 9.17) is 4.74 Å². The Hall–Kier alpha value is -1.58. The molecule has 94 valence electrons. The van der Waals surface area contributed by atoms with Crippen molar-refractivity contribution in [1.82, 2.24) is 10.3 Å². The maximum Gasteiger partial charge on any atom is 0.256 e. The zero-order valence-electron chi connectivity index (χ0n) is 10.9. The number of nitrogens with one attached hydrogen (secondary N) is 1. The number of methoxy groups -OCH3 is 1. The number of ether oxygens (including phenoxy) is 1. The molecule has 0 aliphatic rings. The summed E-state index contributed by atoms with van der Waals surface area (Å²) in [4.78, 5) is 16.1. The lowest BCUT2D eigenvalue weighted by atomic mass is 10.0. The molecule has 1 N–H and O–H groups in total. The van der Waals surface area contributed by atoms with Crippen molar-refractivity contribution in [2.75, 3.05) is 13.7 Å². The third kappa shape index (κ3) is 3.44. The van der Waals surface area contributed by atoms with Crippen molar-refractivity contribution in [1.29, 1.82) is 0 Å². The summed E-state index contributed by atoms with van der Waals surface area (Å²) in [7, 11) is 1.52. The molecule has 0 saturated heterocycles. The van der Waals surface area contributed by atoms with E-state index in [1.807, 2.05) is 13.0 Å². The van der Waals surface area contributed by atoms with Crippen LogP contribution < -0.4 is 10.1 Å². The number of hydrogen-bond donors (Lipinski definition) is 1. The molecule has 1 amide bonds. The number of carbonyl (C=O) groups is 1. The van der Waals surface area contributed by atoms with Crippen LogP contribution in [0.25, 0.3) is 0 Å². The van der Waals surface area contributed by atoms with Crippen LogP contribution >= 0.6 is 0 Å². The average molecular weight is 236 g/mol. The van der Waals surface area contributed by atoms with Crippen LogP contribution in [0, 0.1) is 0 Å². The van der Waals surface area contributed by atoms with Crippen LogP contribution in [0.3, 0.4) is 0 Å². The molecule has 0 spiro atoms. The summed E-state index contributed by atoms with van der Waals surface area (Å²) >= 11 is 0. The van der Waals surface area contributed by atoms with E-state index in [9.17, 15) is 4.79 Å². The van der Waals surface area contributed by atoms with Gasteiger partial charge in [-0.15, -0.1) is 0 Å². The van der Waals surface area contributed by atoms with Crippen LogP contribution in [0.5, 0.6) is 5.88 Å². The van der Waals surface area contributed by atoms with E-state index in [0.717, 1.165) is 12.0 Å². The third-order valence-corrected chi connectivity index (χ3v) is 2.51. The molecule has 0 radical (unpaired) electrons. The van der Waals surface area contributed by atoms with Gasteiger partial charge in [0.2, 0.25) is 5.88 Å². The van der Waals surface area contributed by atoms with Gasteiger partial charge >= 0.3 is 0 Å². The normalized spacial score (nSPS) is 10.4. The molecule has 0 fully saturated rings. The zero-order chi connectivity index (χ0) is 12.8. The minimum Gasteiger partial charge on any atom is -0.480 e. The van der Waals surface area contributed by atoms with Gasteiger partial charge in [0.05, 0.1) is 7.11 Å². The van der Waals surface area contributed by atoms with Crippen molar-refractivity contribution >= 4 is 5.91 Å². The monoisotopic (exact) mass is 236 g/mol. The molecular formula is C13H20N2O2. The minimum absolute atomic E-state index is 0.126. The van der Waals surface area contributed by atoms with Gasteiger partial charge in [-0.3, -0.25) is 4.79 Å². The summed E-state index contributed by atoms with van der Waals surface area (Å²) < 4.78 is 5.11. The summed E-state index contributed by atoms with van der Waals surface area (Å²) in [5.41, 5.74) is 1.54. The van der Waals surface area contributed by atoms with E-state index in [-0.39, 0.29) is 5.91 Å². The molecule has 1 aromatic rings. The summed E-state index contributed by atoms with van der Waals surface area (Å²) in [5, 5.41) is 2.83. The number of nitrogens with zero attached hydrogens (tertiary/aromatic N) is 1. The molecule has 1 heterocycles. The number of carbonyl (C=O) groups excluding carboxylic acids is 1. The van der Waals surface area contributed by atoms with Crippen molar-refractivity contribution in [3.05, 3.63) is 23.4 Å². The maximum absolute atomic E-state index is 11.9. The Balaban J connectivity index is 3.01. The highest BCUT2D eigenvalue weighted by atomic mass is 16.5. The molecule has 1 rings (SSSR count). The second-order valence-corrected chi connectivity index (χ2v) is 4.24. The Labute approximate surface area is 102 Å². The Morgan fingerprint density at radius 1 is 1.53 bits per heavy atom. The van der Waals surface area contributed by atoms with Crippen LogP contribution in [0.2, 0.25) is 0 Å². The van der Waals surface area contributed by atoms with Gasteiger partial charge in [-0.05, 0) is 24.0 Å². The molecule has 0 aliphatic heterocycles. The Kier molecular flexibility index (Phi) is 4.94. The van der Waals surface area contributed by atoms with Crippen LogP contribution in [-0.2, 0) is 0 Å². The average Bonchev–Trinajstić information content (AvgIpc) is 2.34. The van der Waals surface area contributed by atoms with Crippen molar-refractivity contribution in [2.45, 2.75) is 33.1 Å². The lowest BCUT2D eigenvalue weighted by Crippen LogP contribution is -2.25. The fourth-order valence-electron chi connectivity index (χ4n) is 1.44. The topological polar surface area (TPSA) is 51.2 Å². The molecule has 17 heavy (non-hydrogen) atoms. The van der Waals surface area contributed by atoms with Gasteiger partial charge in [-0.1, -0.05) is 20.8 Å². The van der Waals surface area contributed by atoms with Gasteiger partial charge in [0.25, 0.3) is 5.91 Å². The number of amides is 1.